The van der Waals surface area contributed by atoms with Crippen LogP contribution in [0.1, 0.15) is 49.2 Å². The van der Waals surface area contributed by atoms with Crippen molar-refractivity contribution in [2.45, 2.75) is 52.1 Å². The maximum absolute atomic E-state index is 13.0. The van der Waals surface area contributed by atoms with Crippen LogP contribution in [0.3, 0.4) is 0 Å². The highest BCUT2D eigenvalue weighted by molar-refractivity contribution is 6.62. The number of anilines is 1. The van der Waals surface area contributed by atoms with Gasteiger partial charge in [-0.25, -0.2) is 0 Å². The first kappa shape index (κ1) is 25.0. The molecule has 1 heterocycles. The summed E-state index contributed by atoms with van der Waals surface area (Å²) in [6, 6.07) is 23.0. The summed E-state index contributed by atoms with van der Waals surface area (Å²) in [7, 11) is 1.05. The third kappa shape index (κ3) is 5.76. The van der Waals surface area contributed by atoms with Crippen LogP contribution in [0.25, 0.3) is 0 Å². The molecule has 0 aliphatic carbocycles. The van der Waals surface area contributed by atoms with Crippen molar-refractivity contribution >= 4 is 24.2 Å². The molecule has 0 bridgehead atoms. The zero-order valence-corrected chi connectivity index (χ0v) is 21.0. The second-order valence-electron chi connectivity index (χ2n) is 9.68. The smallest absolute Gasteiger partial charge is 0.494 e. The molecule has 0 unspecified atom stereocenters. The first-order valence-electron chi connectivity index (χ1n) is 11.7. The molecule has 35 heavy (non-hydrogen) atoms. The summed E-state index contributed by atoms with van der Waals surface area (Å²) in [4.78, 5) is 13.0. The largest absolute Gasteiger partial charge is 0.495 e. The van der Waals surface area contributed by atoms with E-state index in [1.807, 2.05) is 88.4 Å². The molecule has 1 aliphatic heterocycles. The van der Waals surface area contributed by atoms with Crippen LogP contribution in [0.2, 0.25) is 0 Å². The third-order valence-electron chi connectivity index (χ3n) is 6.57. The summed E-state index contributed by atoms with van der Waals surface area (Å²) in [5, 5.41) is 2.95. The van der Waals surface area contributed by atoms with E-state index in [0.29, 0.717) is 30.2 Å². The van der Waals surface area contributed by atoms with E-state index in [1.54, 1.807) is 19.2 Å². The second kappa shape index (κ2) is 10.2. The van der Waals surface area contributed by atoms with Gasteiger partial charge in [-0.3, -0.25) is 4.79 Å². The molecular weight excluding hydrogens is 441 g/mol. The van der Waals surface area contributed by atoms with Crippen molar-refractivity contribution < 1.29 is 23.6 Å². The standard InChI is InChI=1S/C28H32BNO5/c1-27(2)28(3,4)35-29(34-27)23-13-9-12-22(17-23)26(31)30-24-15-14-21(16-25(24)32-5)19-33-18-20-10-7-6-8-11-20/h6-17H,18-19H2,1-5H3,(H,30,31). The van der Waals surface area contributed by atoms with Crippen molar-refractivity contribution in [2.24, 2.45) is 0 Å². The zero-order valence-electron chi connectivity index (χ0n) is 21.0. The monoisotopic (exact) mass is 473 g/mol. The number of rotatable bonds is 8. The molecule has 182 valence electrons. The van der Waals surface area contributed by atoms with Gasteiger partial charge in [0.1, 0.15) is 5.75 Å². The minimum atomic E-state index is -0.530. The van der Waals surface area contributed by atoms with Crippen molar-refractivity contribution in [1.29, 1.82) is 0 Å². The van der Waals surface area contributed by atoms with Crippen molar-refractivity contribution in [3.8, 4) is 5.75 Å². The minimum Gasteiger partial charge on any atom is -0.495 e. The Kier molecular flexibility index (Phi) is 7.31. The van der Waals surface area contributed by atoms with Crippen LogP contribution < -0.4 is 15.5 Å². The Morgan fingerprint density at radius 3 is 2.23 bits per heavy atom. The summed E-state index contributed by atoms with van der Waals surface area (Å²) in [5.74, 6) is 0.330. The van der Waals surface area contributed by atoms with E-state index in [-0.39, 0.29) is 5.91 Å². The number of amides is 1. The molecule has 0 aromatic heterocycles. The Morgan fingerprint density at radius 1 is 0.857 bits per heavy atom. The number of benzene rings is 3. The summed E-state index contributed by atoms with van der Waals surface area (Å²) < 4.78 is 23.6. The molecule has 0 saturated carbocycles. The van der Waals surface area contributed by atoms with Gasteiger partial charge in [0.25, 0.3) is 5.91 Å². The highest BCUT2D eigenvalue weighted by Crippen LogP contribution is 2.36. The van der Waals surface area contributed by atoms with Crippen LogP contribution in [-0.2, 0) is 27.3 Å². The van der Waals surface area contributed by atoms with Gasteiger partial charge in [0, 0.05) is 5.56 Å². The van der Waals surface area contributed by atoms with E-state index in [2.05, 4.69) is 5.32 Å². The summed E-state index contributed by atoms with van der Waals surface area (Å²) in [6.45, 7) is 8.99. The molecule has 0 radical (unpaired) electrons. The van der Waals surface area contributed by atoms with Crippen LogP contribution in [0.15, 0.2) is 72.8 Å². The van der Waals surface area contributed by atoms with Crippen molar-refractivity contribution in [1.82, 2.24) is 0 Å². The van der Waals surface area contributed by atoms with Gasteiger partial charge in [-0.05, 0) is 68.6 Å². The summed E-state index contributed by atoms with van der Waals surface area (Å²) in [5.41, 5.74) is 3.07. The van der Waals surface area contributed by atoms with Crippen molar-refractivity contribution in [2.75, 3.05) is 12.4 Å². The first-order valence-corrected chi connectivity index (χ1v) is 11.7. The average molecular weight is 473 g/mol. The number of hydrogen-bond donors (Lipinski definition) is 1. The maximum Gasteiger partial charge on any atom is 0.494 e. The minimum absolute atomic E-state index is 0.241. The molecule has 1 fully saturated rings. The van der Waals surface area contributed by atoms with E-state index in [9.17, 15) is 4.79 Å². The van der Waals surface area contributed by atoms with Gasteiger partial charge in [-0.1, -0.05) is 48.5 Å². The highest BCUT2D eigenvalue weighted by atomic mass is 16.7. The molecule has 6 nitrogen and oxygen atoms in total. The SMILES string of the molecule is COc1cc(COCc2ccccc2)ccc1NC(=O)c1cccc(B2OC(C)(C)C(C)(C)O2)c1. The molecular formula is C28H32BNO5. The fourth-order valence-electron chi connectivity index (χ4n) is 3.79. The Morgan fingerprint density at radius 2 is 1.54 bits per heavy atom. The number of ether oxygens (including phenoxy) is 2. The van der Waals surface area contributed by atoms with E-state index < -0.39 is 18.3 Å². The van der Waals surface area contributed by atoms with E-state index in [1.165, 1.54) is 0 Å². The van der Waals surface area contributed by atoms with Crippen LogP contribution in [-0.4, -0.2) is 31.3 Å². The molecule has 3 aromatic carbocycles. The molecule has 3 aromatic rings. The summed E-state index contributed by atoms with van der Waals surface area (Å²) in [6.07, 6.45) is 0. The lowest BCUT2D eigenvalue weighted by atomic mass is 9.78. The zero-order chi connectivity index (χ0) is 25.1. The van der Waals surface area contributed by atoms with Gasteiger partial charge in [0.2, 0.25) is 0 Å². The molecule has 1 saturated heterocycles. The fraction of sp³-hybridized carbons (Fsp3) is 0.321. The van der Waals surface area contributed by atoms with Crippen molar-refractivity contribution in [3.05, 3.63) is 89.5 Å². The second-order valence-corrected chi connectivity index (χ2v) is 9.68. The number of carbonyl (C=O) groups excluding carboxylic acids is 1. The number of carbonyl (C=O) groups is 1. The quantitative estimate of drug-likeness (QED) is 0.469. The lowest BCUT2D eigenvalue weighted by molar-refractivity contribution is 0.00578. The Labute approximate surface area is 207 Å². The van der Waals surface area contributed by atoms with E-state index in [0.717, 1.165) is 16.6 Å². The lowest BCUT2D eigenvalue weighted by Gasteiger charge is -2.32. The highest BCUT2D eigenvalue weighted by Gasteiger charge is 2.51. The molecule has 1 amide bonds. The van der Waals surface area contributed by atoms with Crippen LogP contribution in [0.4, 0.5) is 5.69 Å². The van der Waals surface area contributed by atoms with E-state index in [4.69, 9.17) is 18.8 Å². The van der Waals surface area contributed by atoms with Gasteiger partial charge >= 0.3 is 7.12 Å². The Hall–Kier alpha value is -3.13. The molecule has 7 heteroatoms. The molecule has 1 aliphatic rings. The number of methoxy groups -OCH3 is 1. The van der Waals surface area contributed by atoms with Crippen LogP contribution >= 0.6 is 0 Å². The Bertz CT molecular complexity index is 1160. The third-order valence-corrected chi connectivity index (χ3v) is 6.57. The topological polar surface area (TPSA) is 66.0 Å². The van der Waals surface area contributed by atoms with Crippen LogP contribution in [0, 0.1) is 0 Å². The predicted octanol–water partition coefficient (Wildman–Crippen LogP) is 4.96. The van der Waals surface area contributed by atoms with Gasteiger partial charge in [-0.15, -0.1) is 0 Å². The van der Waals surface area contributed by atoms with Gasteiger partial charge in [0.05, 0.1) is 37.2 Å². The number of hydrogen-bond acceptors (Lipinski definition) is 5. The predicted molar refractivity (Wildman–Crippen MR) is 138 cm³/mol. The normalized spacial score (nSPS) is 16.2. The Balaban J connectivity index is 1.42. The summed E-state index contributed by atoms with van der Waals surface area (Å²) >= 11 is 0. The van der Waals surface area contributed by atoms with Crippen molar-refractivity contribution in [3.63, 3.8) is 0 Å². The molecule has 0 spiro atoms. The molecule has 4 rings (SSSR count). The number of nitrogens with one attached hydrogen (secondary N) is 1. The average Bonchev–Trinajstić information content (AvgIpc) is 3.07. The lowest BCUT2D eigenvalue weighted by Crippen LogP contribution is -2.41. The first-order chi connectivity index (χ1) is 16.7. The maximum atomic E-state index is 13.0. The molecule has 1 N–H and O–H groups in total. The van der Waals surface area contributed by atoms with Crippen LogP contribution in [0.5, 0.6) is 5.75 Å². The fourth-order valence-corrected chi connectivity index (χ4v) is 3.79. The van der Waals surface area contributed by atoms with Gasteiger partial charge < -0.3 is 24.1 Å². The van der Waals surface area contributed by atoms with Gasteiger partial charge in [0.15, 0.2) is 0 Å². The van der Waals surface area contributed by atoms with E-state index >= 15 is 0 Å². The molecule has 0 atom stereocenters. The van der Waals surface area contributed by atoms with Gasteiger partial charge in [-0.2, -0.15) is 0 Å².